The average Bonchev–Trinajstić information content (AvgIpc) is 2.72. The Hall–Kier alpha value is -0.840. The van der Waals surface area contributed by atoms with Crippen LogP contribution in [-0.2, 0) is 6.54 Å². The maximum absolute atomic E-state index is 6.26. The third-order valence-corrected chi connectivity index (χ3v) is 5.26. The van der Waals surface area contributed by atoms with Gasteiger partial charge in [-0.25, -0.2) is 4.98 Å². The zero-order valence-electron chi connectivity index (χ0n) is 13.0. The molecule has 1 N–H and O–H groups in total. The molecule has 2 aliphatic heterocycles. The van der Waals surface area contributed by atoms with Gasteiger partial charge in [-0.05, 0) is 45.0 Å². The van der Waals surface area contributed by atoms with Gasteiger partial charge in [-0.2, -0.15) is 0 Å². The van der Waals surface area contributed by atoms with E-state index in [1.54, 1.807) is 0 Å². The fraction of sp³-hybridized carbons (Fsp3) is 0.688. The molecule has 21 heavy (non-hydrogen) atoms. The van der Waals surface area contributed by atoms with Crippen LogP contribution in [0.1, 0.15) is 31.9 Å². The summed E-state index contributed by atoms with van der Waals surface area (Å²) < 4.78 is 0. The Kier molecular flexibility index (Phi) is 4.67. The molecule has 2 unspecified atom stereocenters. The number of fused-ring (bicyclic) bond motifs is 2. The van der Waals surface area contributed by atoms with E-state index in [0.717, 1.165) is 48.8 Å². The number of rotatable bonds is 4. The minimum atomic E-state index is 0.673. The highest BCUT2D eigenvalue weighted by Gasteiger charge is 2.34. The fourth-order valence-corrected chi connectivity index (χ4v) is 3.71. The van der Waals surface area contributed by atoms with E-state index in [-0.39, 0.29) is 0 Å². The molecule has 2 aliphatic rings. The summed E-state index contributed by atoms with van der Waals surface area (Å²) in [7, 11) is 2.28. The molecular formula is C16H25ClN4. The summed E-state index contributed by atoms with van der Waals surface area (Å²) in [5, 5.41) is 4.07. The smallest absolute Gasteiger partial charge is 0.129 e. The highest BCUT2D eigenvalue weighted by molar-refractivity contribution is 6.31. The van der Waals surface area contributed by atoms with Gasteiger partial charge in [0.25, 0.3) is 0 Å². The topological polar surface area (TPSA) is 31.4 Å². The zero-order chi connectivity index (χ0) is 14.8. The van der Waals surface area contributed by atoms with Crippen LogP contribution in [0.15, 0.2) is 12.1 Å². The number of likely N-dealkylation sites (N-methyl/N-ethyl adjacent to an activating group) is 1. The van der Waals surface area contributed by atoms with Crippen LogP contribution in [0.3, 0.4) is 0 Å². The lowest BCUT2D eigenvalue weighted by Crippen LogP contribution is -2.37. The predicted molar refractivity (Wildman–Crippen MR) is 88.0 cm³/mol. The van der Waals surface area contributed by atoms with Gasteiger partial charge in [0.1, 0.15) is 5.82 Å². The zero-order valence-corrected chi connectivity index (χ0v) is 13.7. The quantitative estimate of drug-likeness (QED) is 0.926. The first kappa shape index (κ1) is 15.1. The number of aromatic nitrogens is 1. The molecule has 1 aromatic rings. The average molecular weight is 309 g/mol. The molecule has 2 saturated heterocycles. The van der Waals surface area contributed by atoms with Crippen molar-refractivity contribution in [2.45, 2.75) is 44.8 Å². The van der Waals surface area contributed by atoms with Crippen molar-refractivity contribution >= 4 is 17.4 Å². The molecule has 4 nitrogen and oxygen atoms in total. The minimum Gasteiger partial charge on any atom is -0.355 e. The lowest BCUT2D eigenvalue weighted by molar-refractivity contribution is 0.254. The number of hydrogen-bond donors (Lipinski definition) is 1. The molecule has 0 aliphatic carbocycles. The summed E-state index contributed by atoms with van der Waals surface area (Å²) in [6.45, 7) is 5.95. The molecule has 0 saturated carbocycles. The Morgan fingerprint density at radius 1 is 1.29 bits per heavy atom. The van der Waals surface area contributed by atoms with E-state index in [1.807, 2.05) is 6.07 Å². The van der Waals surface area contributed by atoms with Crippen molar-refractivity contribution in [1.82, 2.24) is 15.2 Å². The highest BCUT2D eigenvalue weighted by Crippen LogP contribution is 2.30. The van der Waals surface area contributed by atoms with Crippen LogP contribution in [0, 0.1) is 0 Å². The lowest BCUT2D eigenvalue weighted by Gasteiger charge is -2.27. The standard InChI is InChI=1S/C16H25ClN4/c1-3-18-10-15-14(17)6-7-16(19-15)21-9-8-12-4-5-13(11-21)20(12)2/h6-7,12-13,18H,3-5,8-11H2,1-2H3. The molecule has 0 aromatic carbocycles. The van der Waals surface area contributed by atoms with Crippen molar-refractivity contribution in [3.8, 4) is 0 Å². The van der Waals surface area contributed by atoms with Crippen molar-refractivity contribution in [3.63, 3.8) is 0 Å². The number of anilines is 1. The van der Waals surface area contributed by atoms with E-state index in [1.165, 1.54) is 19.3 Å². The van der Waals surface area contributed by atoms with Gasteiger partial charge in [-0.15, -0.1) is 0 Å². The summed E-state index contributed by atoms with van der Waals surface area (Å²) in [5.41, 5.74) is 0.957. The van der Waals surface area contributed by atoms with Gasteiger partial charge in [0.15, 0.2) is 0 Å². The summed E-state index contributed by atoms with van der Waals surface area (Å²) in [6, 6.07) is 5.49. The molecule has 2 fully saturated rings. The first-order valence-electron chi connectivity index (χ1n) is 8.02. The molecule has 3 heterocycles. The SMILES string of the molecule is CCNCc1nc(N2CCC3CCC(C2)N3C)ccc1Cl. The first-order chi connectivity index (χ1) is 10.2. The Morgan fingerprint density at radius 3 is 2.90 bits per heavy atom. The van der Waals surface area contributed by atoms with E-state index < -0.39 is 0 Å². The lowest BCUT2D eigenvalue weighted by atomic mass is 10.1. The third-order valence-electron chi connectivity index (χ3n) is 4.92. The van der Waals surface area contributed by atoms with Gasteiger partial charge < -0.3 is 10.2 Å². The number of hydrogen-bond acceptors (Lipinski definition) is 4. The number of pyridine rings is 1. The normalized spacial score (nSPS) is 26.1. The van der Waals surface area contributed by atoms with Crippen LogP contribution in [0.25, 0.3) is 0 Å². The van der Waals surface area contributed by atoms with Gasteiger partial charge in [-0.1, -0.05) is 18.5 Å². The largest absolute Gasteiger partial charge is 0.355 e. The Bertz CT molecular complexity index is 493. The van der Waals surface area contributed by atoms with E-state index in [2.05, 4.69) is 35.2 Å². The monoisotopic (exact) mass is 308 g/mol. The van der Waals surface area contributed by atoms with Crippen LogP contribution in [0.4, 0.5) is 5.82 Å². The van der Waals surface area contributed by atoms with E-state index in [4.69, 9.17) is 16.6 Å². The van der Waals surface area contributed by atoms with E-state index >= 15 is 0 Å². The Labute approximate surface area is 132 Å². The molecule has 0 spiro atoms. The van der Waals surface area contributed by atoms with Gasteiger partial charge >= 0.3 is 0 Å². The van der Waals surface area contributed by atoms with Crippen LogP contribution >= 0.6 is 11.6 Å². The van der Waals surface area contributed by atoms with Crippen molar-refractivity contribution in [1.29, 1.82) is 0 Å². The van der Waals surface area contributed by atoms with Gasteiger partial charge in [0.2, 0.25) is 0 Å². The van der Waals surface area contributed by atoms with Crippen molar-refractivity contribution in [3.05, 3.63) is 22.8 Å². The van der Waals surface area contributed by atoms with Crippen molar-refractivity contribution < 1.29 is 0 Å². The summed E-state index contributed by atoms with van der Waals surface area (Å²) >= 11 is 6.26. The molecule has 116 valence electrons. The highest BCUT2D eigenvalue weighted by atomic mass is 35.5. The molecular weight excluding hydrogens is 284 g/mol. The predicted octanol–water partition coefficient (Wildman–Crippen LogP) is 2.52. The second kappa shape index (κ2) is 6.51. The summed E-state index contributed by atoms with van der Waals surface area (Å²) in [6.07, 6.45) is 3.91. The third kappa shape index (κ3) is 3.17. The maximum Gasteiger partial charge on any atom is 0.129 e. The molecule has 0 radical (unpaired) electrons. The van der Waals surface area contributed by atoms with Crippen molar-refractivity contribution in [2.24, 2.45) is 0 Å². The number of halogens is 1. The van der Waals surface area contributed by atoms with E-state index in [9.17, 15) is 0 Å². The first-order valence-corrected chi connectivity index (χ1v) is 8.40. The van der Waals surface area contributed by atoms with Crippen LogP contribution in [0.2, 0.25) is 5.02 Å². The molecule has 1 aromatic heterocycles. The van der Waals surface area contributed by atoms with Crippen LogP contribution < -0.4 is 10.2 Å². The Balaban J connectivity index is 1.77. The summed E-state index contributed by atoms with van der Waals surface area (Å²) in [4.78, 5) is 9.80. The molecule has 5 heteroatoms. The molecule has 0 amide bonds. The second-order valence-electron chi connectivity index (χ2n) is 6.16. The van der Waals surface area contributed by atoms with Crippen molar-refractivity contribution in [2.75, 3.05) is 31.6 Å². The number of nitrogens with one attached hydrogen (secondary N) is 1. The van der Waals surface area contributed by atoms with Gasteiger partial charge in [0, 0.05) is 31.7 Å². The molecule has 2 bridgehead atoms. The number of nitrogens with zero attached hydrogens (tertiary/aromatic N) is 3. The van der Waals surface area contributed by atoms with Gasteiger partial charge in [0.05, 0.1) is 10.7 Å². The summed E-state index contributed by atoms with van der Waals surface area (Å²) in [5.74, 6) is 1.08. The fourth-order valence-electron chi connectivity index (χ4n) is 3.53. The second-order valence-corrected chi connectivity index (χ2v) is 6.57. The van der Waals surface area contributed by atoms with E-state index in [0.29, 0.717) is 6.04 Å². The van der Waals surface area contributed by atoms with Gasteiger partial charge in [-0.3, -0.25) is 4.90 Å². The minimum absolute atomic E-state index is 0.673. The van der Waals surface area contributed by atoms with Crippen LogP contribution in [-0.4, -0.2) is 48.6 Å². The maximum atomic E-state index is 6.26. The molecule has 3 rings (SSSR count). The van der Waals surface area contributed by atoms with Crippen LogP contribution in [0.5, 0.6) is 0 Å². The molecule has 2 atom stereocenters. The Morgan fingerprint density at radius 2 is 2.10 bits per heavy atom.